The number of rotatable bonds is 2. The molecule has 0 aliphatic heterocycles. The molecule has 0 unspecified atom stereocenters. The van der Waals surface area contributed by atoms with E-state index in [4.69, 9.17) is 0 Å². The third-order valence-corrected chi connectivity index (χ3v) is 4.15. The van der Waals surface area contributed by atoms with E-state index in [1.165, 1.54) is 0 Å². The van der Waals surface area contributed by atoms with Gasteiger partial charge in [-0.1, -0.05) is 12.1 Å². The van der Waals surface area contributed by atoms with Crippen LogP contribution in [0.4, 0.5) is 16.2 Å². The van der Waals surface area contributed by atoms with E-state index >= 15 is 0 Å². The first-order valence-corrected chi connectivity index (χ1v) is 7.90. The van der Waals surface area contributed by atoms with Crippen molar-refractivity contribution < 1.29 is 4.79 Å². The number of carbonyl (C=O) groups is 1. The molecule has 2 N–H and O–H groups in total. The van der Waals surface area contributed by atoms with Gasteiger partial charge >= 0.3 is 6.03 Å². The molecule has 0 saturated carbocycles. The molecule has 5 nitrogen and oxygen atoms in total. The lowest BCUT2D eigenvalue weighted by atomic mass is 10.2. The molecule has 2 amide bonds. The van der Waals surface area contributed by atoms with Crippen LogP contribution in [0.15, 0.2) is 46.9 Å². The summed E-state index contributed by atoms with van der Waals surface area (Å²) in [6, 6.07) is 12.6. The van der Waals surface area contributed by atoms with E-state index in [-0.39, 0.29) is 6.03 Å². The summed E-state index contributed by atoms with van der Waals surface area (Å²) in [5.41, 5.74) is 4.73. The van der Waals surface area contributed by atoms with Gasteiger partial charge in [0.1, 0.15) is 0 Å². The van der Waals surface area contributed by atoms with Gasteiger partial charge < -0.3 is 10.6 Å². The number of aromatic nitrogens is 2. The Morgan fingerprint density at radius 1 is 0.957 bits per heavy atom. The predicted octanol–water partition coefficient (Wildman–Crippen LogP) is 4.65. The molecule has 0 spiro atoms. The second-order valence-corrected chi connectivity index (χ2v) is 6.01. The fourth-order valence-electron chi connectivity index (χ4n) is 2.16. The molecule has 0 aliphatic carbocycles. The summed E-state index contributed by atoms with van der Waals surface area (Å²) in [4.78, 5) is 21.1. The van der Waals surface area contributed by atoms with Crippen LogP contribution >= 0.6 is 15.9 Å². The molecule has 1 heterocycles. The lowest BCUT2D eigenvalue weighted by Gasteiger charge is -2.10. The number of nitrogens with one attached hydrogen (secondary N) is 2. The predicted molar refractivity (Wildman–Crippen MR) is 95.8 cm³/mol. The van der Waals surface area contributed by atoms with Crippen LogP contribution in [0.2, 0.25) is 0 Å². The van der Waals surface area contributed by atoms with Crippen molar-refractivity contribution in [2.24, 2.45) is 0 Å². The smallest absolute Gasteiger partial charge is 0.308 e. The van der Waals surface area contributed by atoms with Crippen molar-refractivity contribution in [2.45, 2.75) is 13.8 Å². The van der Waals surface area contributed by atoms with Crippen LogP contribution in [-0.2, 0) is 0 Å². The summed E-state index contributed by atoms with van der Waals surface area (Å²) in [5, 5.41) is 5.60. The highest BCUT2D eigenvalue weighted by molar-refractivity contribution is 9.10. The quantitative estimate of drug-likeness (QED) is 0.689. The highest BCUT2D eigenvalue weighted by Gasteiger charge is 2.07. The van der Waals surface area contributed by atoms with Crippen molar-refractivity contribution in [1.82, 2.24) is 9.97 Å². The summed E-state index contributed by atoms with van der Waals surface area (Å²) in [5.74, 6) is 0. The molecule has 3 rings (SSSR count). The first kappa shape index (κ1) is 15.4. The first-order chi connectivity index (χ1) is 11.0. The van der Waals surface area contributed by atoms with Gasteiger partial charge in [0.25, 0.3) is 0 Å². The second-order valence-electron chi connectivity index (χ2n) is 5.16. The minimum absolute atomic E-state index is 0.312. The third-order valence-electron chi connectivity index (χ3n) is 3.46. The molecular weight excluding hydrogens is 356 g/mol. The summed E-state index contributed by atoms with van der Waals surface area (Å²) < 4.78 is 0.825. The zero-order valence-electron chi connectivity index (χ0n) is 12.7. The second kappa shape index (κ2) is 6.34. The standard InChI is InChI=1S/C17H15BrN4O/c1-10-11(2)20-16-9-12(7-8-15(16)19-10)21-17(23)22-14-6-4-3-5-13(14)18/h3-9H,1-2H3,(H2,21,22,23). The van der Waals surface area contributed by atoms with Gasteiger partial charge in [0.05, 0.1) is 28.1 Å². The Morgan fingerprint density at radius 2 is 1.65 bits per heavy atom. The number of aryl methyl sites for hydroxylation is 2. The SMILES string of the molecule is Cc1nc2ccc(NC(=O)Nc3ccccc3Br)cc2nc1C. The van der Waals surface area contributed by atoms with Gasteiger partial charge in [-0.25, -0.2) is 14.8 Å². The topological polar surface area (TPSA) is 66.9 Å². The lowest BCUT2D eigenvalue weighted by Crippen LogP contribution is -2.19. The molecule has 0 fully saturated rings. The molecule has 6 heteroatoms. The van der Waals surface area contributed by atoms with Crippen molar-refractivity contribution >= 4 is 44.4 Å². The Hall–Kier alpha value is -2.47. The van der Waals surface area contributed by atoms with E-state index in [9.17, 15) is 4.79 Å². The summed E-state index contributed by atoms with van der Waals surface area (Å²) >= 11 is 3.40. The molecule has 0 bridgehead atoms. The maximum absolute atomic E-state index is 12.1. The number of fused-ring (bicyclic) bond motifs is 1. The van der Waals surface area contributed by atoms with Crippen LogP contribution < -0.4 is 10.6 Å². The normalized spacial score (nSPS) is 10.6. The maximum atomic E-state index is 12.1. The molecular formula is C17H15BrN4O. The number of urea groups is 1. The number of anilines is 2. The number of hydrogen-bond acceptors (Lipinski definition) is 3. The summed E-state index contributed by atoms with van der Waals surface area (Å²) in [7, 11) is 0. The van der Waals surface area contributed by atoms with Gasteiger partial charge in [-0.3, -0.25) is 0 Å². The highest BCUT2D eigenvalue weighted by Crippen LogP contribution is 2.22. The Morgan fingerprint density at radius 3 is 2.39 bits per heavy atom. The number of hydrogen-bond donors (Lipinski definition) is 2. The zero-order chi connectivity index (χ0) is 16.4. The van der Waals surface area contributed by atoms with Crippen molar-refractivity contribution in [3.63, 3.8) is 0 Å². The summed E-state index contributed by atoms with van der Waals surface area (Å²) in [6.07, 6.45) is 0. The van der Waals surface area contributed by atoms with E-state index in [1.54, 1.807) is 0 Å². The molecule has 0 aliphatic rings. The molecule has 0 radical (unpaired) electrons. The van der Waals surface area contributed by atoms with Crippen LogP contribution in [0.5, 0.6) is 0 Å². The number of amides is 2. The van der Waals surface area contributed by atoms with Gasteiger partial charge in [-0.05, 0) is 60.1 Å². The van der Waals surface area contributed by atoms with Gasteiger partial charge in [0.2, 0.25) is 0 Å². The van der Waals surface area contributed by atoms with Gasteiger partial charge in [0.15, 0.2) is 0 Å². The fraction of sp³-hybridized carbons (Fsp3) is 0.118. The van der Waals surface area contributed by atoms with Crippen LogP contribution in [0.3, 0.4) is 0 Å². The number of halogens is 1. The van der Waals surface area contributed by atoms with Crippen molar-refractivity contribution in [2.75, 3.05) is 10.6 Å². The van der Waals surface area contributed by atoms with Crippen LogP contribution in [-0.4, -0.2) is 16.0 Å². The van der Waals surface area contributed by atoms with Crippen molar-refractivity contribution in [1.29, 1.82) is 0 Å². The van der Waals surface area contributed by atoms with E-state index in [0.29, 0.717) is 11.4 Å². The average molecular weight is 371 g/mol. The minimum Gasteiger partial charge on any atom is -0.308 e. The Bertz CT molecular complexity index is 895. The maximum Gasteiger partial charge on any atom is 0.323 e. The van der Waals surface area contributed by atoms with Crippen LogP contribution in [0.1, 0.15) is 11.4 Å². The average Bonchev–Trinajstić information content (AvgIpc) is 2.51. The molecule has 0 atom stereocenters. The molecule has 2 aromatic carbocycles. The third kappa shape index (κ3) is 3.48. The Labute approximate surface area is 142 Å². The van der Waals surface area contributed by atoms with Crippen molar-refractivity contribution in [3.05, 3.63) is 58.3 Å². The van der Waals surface area contributed by atoms with Gasteiger partial charge in [-0.2, -0.15) is 0 Å². The molecule has 3 aromatic rings. The van der Waals surface area contributed by atoms with E-state index in [0.717, 1.165) is 26.9 Å². The molecule has 1 aromatic heterocycles. The van der Waals surface area contributed by atoms with Crippen LogP contribution in [0.25, 0.3) is 11.0 Å². The Balaban J connectivity index is 1.80. The minimum atomic E-state index is -0.312. The zero-order valence-corrected chi connectivity index (χ0v) is 14.3. The number of para-hydroxylation sites is 1. The summed E-state index contributed by atoms with van der Waals surface area (Å²) in [6.45, 7) is 3.85. The Kier molecular flexibility index (Phi) is 4.25. The highest BCUT2D eigenvalue weighted by atomic mass is 79.9. The van der Waals surface area contributed by atoms with E-state index in [2.05, 4.69) is 36.5 Å². The van der Waals surface area contributed by atoms with E-state index in [1.807, 2.05) is 56.3 Å². The van der Waals surface area contributed by atoms with Crippen LogP contribution in [0, 0.1) is 13.8 Å². The van der Waals surface area contributed by atoms with Gasteiger partial charge in [0, 0.05) is 10.2 Å². The monoisotopic (exact) mass is 370 g/mol. The molecule has 116 valence electrons. The number of benzene rings is 2. The largest absolute Gasteiger partial charge is 0.323 e. The van der Waals surface area contributed by atoms with Crippen molar-refractivity contribution in [3.8, 4) is 0 Å². The van der Waals surface area contributed by atoms with Gasteiger partial charge in [-0.15, -0.1) is 0 Å². The fourth-order valence-corrected chi connectivity index (χ4v) is 2.54. The lowest BCUT2D eigenvalue weighted by molar-refractivity contribution is 0.262. The molecule has 0 saturated heterocycles. The number of carbonyl (C=O) groups excluding carboxylic acids is 1. The number of nitrogens with zero attached hydrogens (tertiary/aromatic N) is 2. The molecule has 23 heavy (non-hydrogen) atoms. The van der Waals surface area contributed by atoms with E-state index < -0.39 is 0 Å². The first-order valence-electron chi connectivity index (χ1n) is 7.10.